The molecule has 0 spiro atoms. The summed E-state index contributed by atoms with van der Waals surface area (Å²) in [6.07, 6.45) is 2.03. The van der Waals surface area contributed by atoms with Crippen LogP contribution in [-0.2, 0) is 11.3 Å². The molecule has 0 radical (unpaired) electrons. The van der Waals surface area contributed by atoms with Gasteiger partial charge in [0.15, 0.2) is 5.16 Å². The molecule has 7 nitrogen and oxygen atoms in total. The molecular formula is C17H17N5O2S2. The molecule has 134 valence electrons. The first-order chi connectivity index (χ1) is 12.6. The third-order valence-corrected chi connectivity index (χ3v) is 5.29. The van der Waals surface area contributed by atoms with Crippen LogP contribution in [0.4, 0.5) is 0 Å². The lowest BCUT2D eigenvalue weighted by Crippen LogP contribution is -2.34. The van der Waals surface area contributed by atoms with Crippen LogP contribution in [0.2, 0.25) is 0 Å². The van der Waals surface area contributed by atoms with Crippen molar-refractivity contribution in [2.24, 2.45) is 0 Å². The van der Waals surface area contributed by atoms with Crippen LogP contribution in [0.25, 0.3) is 10.2 Å². The highest BCUT2D eigenvalue weighted by Gasteiger charge is 2.17. The van der Waals surface area contributed by atoms with Crippen LogP contribution < -0.4 is 5.56 Å². The summed E-state index contributed by atoms with van der Waals surface area (Å²) in [4.78, 5) is 31.6. The number of carbonyl (C=O) groups is 1. The van der Waals surface area contributed by atoms with E-state index in [2.05, 4.69) is 11.6 Å². The van der Waals surface area contributed by atoms with E-state index in [1.807, 2.05) is 17.5 Å². The summed E-state index contributed by atoms with van der Waals surface area (Å²) in [7, 11) is 0. The minimum absolute atomic E-state index is 0.0807. The molecule has 0 aliphatic rings. The Hall–Kier alpha value is -2.62. The molecule has 2 heterocycles. The van der Waals surface area contributed by atoms with Crippen LogP contribution in [0.1, 0.15) is 12.8 Å². The number of amides is 1. The van der Waals surface area contributed by atoms with Gasteiger partial charge in [-0.05, 0) is 11.4 Å². The van der Waals surface area contributed by atoms with Gasteiger partial charge in [-0.3, -0.25) is 14.2 Å². The molecule has 0 fully saturated rings. The molecule has 9 heteroatoms. The first-order valence-electron chi connectivity index (χ1n) is 7.85. The SMILES string of the molecule is C=CCn1c(SCC(=O)N(CCC#N)CCC#N)nc2sccc2c1=O. The van der Waals surface area contributed by atoms with Gasteiger partial charge in [-0.25, -0.2) is 4.98 Å². The maximum atomic E-state index is 12.6. The van der Waals surface area contributed by atoms with E-state index in [9.17, 15) is 9.59 Å². The van der Waals surface area contributed by atoms with Crippen molar-refractivity contribution in [1.29, 1.82) is 10.5 Å². The number of aromatic nitrogens is 2. The highest BCUT2D eigenvalue weighted by Crippen LogP contribution is 2.21. The summed E-state index contributed by atoms with van der Waals surface area (Å²) < 4.78 is 1.49. The number of hydrogen-bond donors (Lipinski definition) is 0. The van der Waals surface area contributed by atoms with Crippen molar-refractivity contribution in [2.45, 2.75) is 24.5 Å². The summed E-state index contributed by atoms with van der Waals surface area (Å²) in [6.45, 7) is 4.54. The van der Waals surface area contributed by atoms with Crippen LogP contribution in [0.5, 0.6) is 0 Å². The number of thioether (sulfide) groups is 1. The van der Waals surface area contributed by atoms with E-state index in [1.165, 1.54) is 32.6 Å². The summed E-state index contributed by atoms with van der Waals surface area (Å²) in [5.74, 6) is -0.108. The number of fused-ring (bicyclic) bond motifs is 1. The fourth-order valence-corrected chi connectivity index (χ4v) is 4.00. The normalized spacial score (nSPS) is 10.2. The number of nitrogens with zero attached hydrogens (tertiary/aromatic N) is 5. The standard InChI is InChI=1S/C17H17N5O2S2/c1-2-8-22-16(24)13-5-11-25-15(13)20-17(22)26-12-14(23)21(9-3-6-18)10-4-7-19/h2,5,11H,1,3-4,8-10,12H2. The molecule has 2 rings (SSSR count). The van der Waals surface area contributed by atoms with Crippen molar-refractivity contribution in [3.05, 3.63) is 34.5 Å². The monoisotopic (exact) mass is 387 g/mol. The third kappa shape index (κ3) is 4.72. The van der Waals surface area contributed by atoms with Gasteiger partial charge in [0.2, 0.25) is 5.91 Å². The van der Waals surface area contributed by atoms with Crippen molar-refractivity contribution in [1.82, 2.24) is 14.5 Å². The largest absolute Gasteiger partial charge is 0.340 e. The van der Waals surface area contributed by atoms with Crippen LogP contribution in [0.3, 0.4) is 0 Å². The van der Waals surface area contributed by atoms with Gasteiger partial charge >= 0.3 is 0 Å². The Morgan fingerprint density at radius 1 is 1.38 bits per heavy atom. The Kier molecular flexibility index (Phi) is 7.39. The van der Waals surface area contributed by atoms with E-state index in [-0.39, 0.29) is 43.2 Å². The zero-order valence-electron chi connectivity index (χ0n) is 14.1. The van der Waals surface area contributed by atoms with Crippen molar-refractivity contribution >= 4 is 39.2 Å². The third-order valence-electron chi connectivity index (χ3n) is 3.52. The summed E-state index contributed by atoms with van der Waals surface area (Å²) in [5, 5.41) is 20.3. The second-order valence-electron chi connectivity index (χ2n) is 5.22. The van der Waals surface area contributed by atoms with Crippen LogP contribution in [0.15, 0.2) is 34.1 Å². The molecule has 0 N–H and O–H groups in total. The first-order valence-corrected chi connectivity index (χ1v) is 9.72. The molecule has 2 aromatic heterocycles. The smallest absolute Gasteiger partial charge is 0.263 e. The number of nitriles is 2. The predicted molar refractivity (Wildman–Crippen MR) is 102 cm³/mol. The average Bonchev–Trinajstić information content (AvgIpc) is 3.11. The van der Waals surface area contributed by atoms with E-state index >= 15 is 0 Å². The van der Waals surface area contributed by atoms with Crippen molar-refractivity contribution in [3.63, 3.8) is 0 Å². The van der Waals surface area contributed by atoms with E-state index < -0.39 is 0 Å². The molecule has 0 saturated heterocycles. The molecule has 0 aliphatic heterocycles. The van der Waals surface area contributed by atoms with Crippen LogP contribution >= 0.6 is 23.1 Å². The van der Waals surface area contributed by atoms with Gasteiger partial charge in [-0.2, -0.15) is 10.5 Å². The molecule has 0 atom stereocenters. The zero-order valence-corrected chi connectivity index (χ0v) is 15.7. The maximum Gasteiger partial charge on any atom is 0.263 e. The number of thiophene rings is 1. The Balaban J connectivity index is 2.19. The lowest BCUT2D eigenvalue weighted by atomic mass is 10.3. The molecular weight excluding hydrogens is 370 g/mol. The Morgan fingerprint density at radius 2 is 2.08 bits per heavy atom. The van der Waals surface area contributed by atoms with E-state index in [0.29, 0.717) is 21.9 Å². The van der Waals surface area contributed by atoms with Crippen molar-refractivity contribution in [2.75, 3.05) is 18.8 Å². The van der Waals surface area contributed by atoms with Gasteiger partial charge in [0, 0.05) is 19.6 Å². The maximum absolute atomic E-state index is 12.6. The lowest BCUT2D eigenvalue weighted by molar-refractivity contribution is -0.128. The molecule has 0 bridgehead atoms. The Morgan fingerprint density at radius 3 is 2.69 bits per heavy atom. The highest BCUT2D eigenvalue weighted by molar-refractivity contribution is 7.99. The topological polar surface area (TPSA) is 103 Å². The highest BCUT2D eigenvalue weighted by atomic mass is 32.2. The molecule has 26 heavy (non-hydrogen) atoms. The Labute approximate surface area is 159 Å². The van der Waals surface area contributed by atoms with E-state index in [1.54, 1.807) is 12.1 Å². The van der Waals surface area contributed by atoms with E-state index in [0.717, 1.165) is 0 Å². The fraction of sp³-hybridized carbons (Fsp3) is 0.353. The van der Waals surface area contributed by atoms with Gasteiger partial charge in [-0.1, -0.05) is 17.8 Å². The summed E-state index contributed by atoms with van der Waals surface area (Å²) >= 11 is 2.55. The number of carbonyl (C=O) groups excluding carboxylic acids is 1. The number of hydrogen-bond acceptors (Lipinski definition) is 7. The van der Waals surface area contributed by atoms with Crippen molar-refractivity contribution in [3.8, 4) is 12.1 Å². The van der Waals surface area contributed by atoms with Gasteiger partial charge in [0.1, 0.15) is 4.83 Å². The van der Waals surface area contributed by atoms with Crippen molar-refractivity contribution < 1.29 is 4.79 Å². The molecule has 0 saturated carbocycles. The summed E-state index contributed by atoms with van der Waals surface area (Å²) in [6, 6.07) is 5.74. The zero-order chi connectivity index (χ0) is 18.9. The second kappa shape index (κ2) is 9.76. The molecule has 1 amide bonds. The van der Waals surface area contributed by atoms with Gasteiger partial charge in [-0.15, -0.1) is 17.9 Å². The number of allylic oxidation sites excluding steroid dienone is 1. The molecule has 0 aromatic carbocycles. The Bertz CT molecular complexity index is 917. The van der Waals surface area contributed by atoms with E-state index in [4.69, 9.17) is 10.5 Å². The minimum atomic E-state index is -0.189. The second-order valence-corrected chi connectivity index (χ2v) is 7.06. The van der Waals surface area contributed by atoms with Crippen LogP contribution in [0, 0.1) is 22.7 Å². The average molecular weight is 387 g/mol. The van der Waals surface area contributed by atoms with Gasteiger partial charge in [0.25, 0.3) is 5.56 Å². The summed E-state index contributed by atoms with van der Waals surface area (Å²) in [5.41, 5.74) is -0.156. The predicted octanol–water partition coefficient (Wildman–Crippen LogP) is 2.39. The quantitative estimate of drug-likeness (QED) is 0.372. The lowest BCUT2D eigenvalue weighted by Gasteiger charge is -2.20. The van der Waals surface area contributed by atoms with Crippen LogP contribution in [-0.4, -0.2) is 39.2 Å². The molecule has 2 aromatic rings. The molecule has 0 unspecified atom stereocenters. The number of rotatable bonds is 9. The molecule has 0 aliphatic carbocycles. The van der Waals surface area contributed by atoms with Gasteiger partial charge < -0.3 is 4.90 Å². The minimum Gasteiger partial charge on any atom is -0.340 e. The first kappa shape index (κ1) is 19.7. The fourth-order valence-electron chi connectivity index (χ4n) is 2.28. The van der Waals surface area contributed by atoms with Gasteiger partial charge in [0.05, 0.1) is 36.1 Å².